The third-order valence-corrected chi connectivity index (χ3v) is 6.93. The number of benzene rings is 1. The Kier molecular flexibility index (Phi) is 5.46. The van der Waals surface area contributed by atoms with Gasteiger partial charge in [0.25, 0.3) is 0 Å². The maximum Gasteiger partial charge on any atom is 0.131 e. The molecule has 0 radical (unpaired) electrons. The molecule has 0 atom stereocenters. The Morgan fingerprint density at radius 3 is 2.50 bits per heavy atom. The predicted octanol–water partition coefficient (Wildman–Crippen LogP) is 4.95. The molecule has 140 valence electrons. The Labute approximate surface area is 160 Å². The van der Waals surface area contributed by atoms with Gasteiger partial charge in [-0.3, -0.25) is 0 Å². The smallest absolute Gasteiger partial charge is 0.131 e. The van der Waals surface area contributed by atoms with Crippen LogP contribution in [0.3, 0.4) is 0 Å². The van der Waals surface area contributed by atoms with E-state index in [0.717, 1.165) is 28.8 Å². The Morgan fingerprint density at radius 2 is 1.81 bits per heavy atom. The lowest BCUT2D eigenvalue weighted by molar-refractivity contribution is 0.154. The van der Waals surface area contributed by atoms with Gasteiger partial charge in [0.2, 0.25) is 0 Å². The van der Waals surface area contributed by atoms with Crippen molar-refractivity contribution in [3.63, 3.8) is 0 Å². The van der Waals surface area contributed by atoms with Crippen LogP contribution in [-0.4, -0.2) is 43.2 Å². The molecule has 1 saturated carbocycles. The molecular formula is C21H28N2O2S. The predicted molar refractivity (Wildman–Crippen MR) is 106 cm³/mol. The van der Waals surface area contributed by atoms with Crippen molar-refractivity contribution in [2.45, 2.75) is 50.5 Å². The molecule has 5 heteroatoms. The molecule has 4 nitrogen and oxygen atoms in total. The van der Waals surface area contributed by atoms with Gasteiger partial charge in [-0.15, -0.1) is 11.3 Å². The fourth-order valence-corrected chi connectivity index (χ4v) is 5.38. The number of likely N-dealkylation sites (tertiary alicyclic amines) is 1. The third kappa shape index (κ3) is 3.60. The average molecular weight is 373 g/mol. The summed E-state index contributed by atoms with van der Waals surface area (Å²) in [5.74, 6) is 2.23. The van der Waals surface area contributed by atoms with Crippen LogP contribution in [0.5, 0.6) is 11.5 Å². The molecular weight excluding hydrogens is 344 g/mol. The molecule has 0 spiro atoms. The summed E-state index contributed by atoms with van der Waals surface area (Å²) < 4.78 is 10.8. The number of aromatic nitrogens is 1. The Morgan fingerprint density at radius 1 is 1.04 bits per heavy atom. The first-order valence-electron chi connectivity index (χ1n) is 9.70. The van der Waals surface area contributed by atoms with E-state index >= 15 is 0 Å². The van der Waals surface area contributed by atoms with Gasteiger partial charge < -0.3 is 14.4 Å². The summed E-state index contributed by atoms with van der Waals surface area (Å²) in [5, 5.41) is 3.45. The Bertz CT molecular complexity index is 731. The normalized spacial score (nSPS) is 19.8. The van der Waals surface area contributed by atoms with Crippen molar-refractivity contribution in [2.24, 2.45) is 0 Å². The molecule has 2 fully saturated rings. The van der Waals surface area contributed by atoms with E-state index in [1.807, 2.05) is 18.2 Å². The topological polar surface area (TPSA) is 34.6 Å². The molecule has 2 heterocycles. The largest absolute Gasteiger partial charge is 0.497 e. The van der Waals surface area contributed by atoms with Crippen LogP contribution in [0.25, 0.3) is 11.3 Å². The van der Waals surface area contributed by atoms with Gasteiger partial charge in [-0.2, -0.15) is 0 Å². The van der Waals surface area contributed by atoms with Gasteiger partial charge in [-0.1, -0.05) is 12.8 Å². The molecule has 26 heavy (non-hydrogen) atoms. The van der Waals surface area contributed by atoms with E-state index in [2.05, 4.69) is 10.3 Å². The molecule has 1 aromatic heterocycles. The van der Waals surface area contributed by atoms with Gasteiger partial charge in [0.15, 0.2) is 0 Å². The summed E-state index contributed by atoms with van der Waals surface area (Å²) >= 11 is 1.80. The zero-order valence-corrected chi connectivity index (χ0v) is 16.6. The minimum absolute atomic E-state index is 0.607. The maximum absolute atomic E-state index is 5.55. The highest BCUT2D eigenvalue weighted by molar-refractivity contribution is 7.10. The van der Waals surface area contributed by atoms with Gasteiger partial charge in [-0.25, -0.2) is 4.98 Å². The van der Waals surface area contributed by atoms with Crippen LogP contribution in [0.2, 0.25) is 0 Å². The van der Waals surface area contributed by atoms with Crippen LogP contribution in [-0.2, 0) is 0 Å². The summed E-state index contributed by atoms with van der Waals surface area (Å²) in [5.41, 5.74) is 2.06. The molecule has 2 aromatic rings. The summed E-state index contributed by atoms with van der Waals surface area (Å²) in [6.07, 6.45) is 8.13. The fourth-order valence-electron chi connectivity index (χ4n) is 4.39. The highest BCUT2D eigenvalue weighted by atomic mass is 32.1. The first-order chi connectivity index (χ1) is 12.8. The quantitative estimate of drug-likeness (QED) is 0.744. The molecule has 1 aromatic carbocycles. The number of ether oxygens (including phenoxy) is 2. The van der Waals surface area contributed by atoms with Gasteiger partial charge in [0.1, 0.15) is 11.5 Å². The van der Waals surface area contributed by atoms with Gasteiger partial charge in [0.05, 0.1) is 24.9 Å². The minimum Gasteiger partial charge on any atom is -0.497 e. The number of rotatable bonds is 5. The van der Waals surface area contributed by atoms with Crippen LogP contribution < -0.4 is 9.47 Å². The van der Waals surface area contributed by atoms with Crippen LogP contribution >= 0.6 is 11.3 Å². The summed E-state index contributed by atoms with van der Waals surface area (Å²) in [6.45, 7) is 2.46. The second-order valence-electron chi connectivity index (χ2n) is 7.39. The van der Waals surface area contributed by atoms with Crippen molar-refractivity contribution in [1.29, 1.82) is 0 Å². The van der Waals surface area contributed by atoms with Crippen molar-refractivity contribution < 1.29 is 9.47 Å². The number of nitrogens with zero attached hydrogens (tertiary/aromatic N) is 2. The highest BCUT2D eigenvalue weighted by Gasteiger charge is 2.29. The van der Waals surface area contributed by atoms with Crippen LogP contribution in [0.4, 0.5) is 0 Å². The Balaban J connectivity index is 1.45. The van der Waals surface area contributed by atoms with E-state index in [4.69, 9.17) is 14.5 Å². The molecule has 0 bridgehead atoms. The summed E-state index contributed by atoms with van der Waals surface area (Å²) in [4.78, 5) is 7.70. The van der Waals surface area contributed by atoms with E-state index in [0.29, 0.717) is 5.92 Å². The van der Waals surface area contributed by atoms with E-state index in [9.17, 15) is 0 Å². The second kappa shape index (κ2) is 7.97. The first-order valence-corrected chi connectivity index (χ1v) is 10.6. The van der Waals surface area contributed by atoms with Crippen molar-refractivity contribution in [2.75, 3.05) is 27.3 Å². The molecule has 0 N–H and O–H groups in total. The molecule has 0 unspecified atom stereocenters. The van der Waals surface area contributed by atoms with E-state index in [1.165, 1.54) is 56.6 Å². The molecule has 2 aliphatic rings. The molecule has 1 aliphatic heterocycles. The molecule has 1 aliphatic carbocycles. The molecule has 4 rings (SSSR count). The summed E-state index contributed by atoms with van der Waals surface area (Å²) in [6, 6.07) is 6.79. The number of thiazole rings is 1. The lowest BCUT2D eigenvalue weighted by atomic mass is 9.96. The first kappa shape index (κ1) is 17.8. The second-order valence-corrected chi connectivity index (χ2v) is 8.28. The Hall–Kier alpha value is -1.59. The van der Waals surface area contributed by atoms with E-state index in [1.54, 1.807) is 25.6 Å². The van der Waals surface area contributed by atoms with Gasteiger partial charge in [-0.05, 0) is 50.9 Å². The van der Waals surface area contributed by atoms with E-state index in [-0.39, 0.29) is 0 Å². The SMILES string of the molecule is COc1ccc(-c2csc(C3CCN(C4CCCC4)CC3)n2)c(OC)c1. The fraction of sp³-hybridized carbons (Fsp3) is 0.571. The molecule has 1 saturated heterocycles. The lowest BCUT2D eigenvalue weighted by Crippen LogP contribution is -2.39. The third-order valence-electron chi connectivity index (χ3n) is 5.93. The monoisotopic (exact) mass is 372 g/mol. The van der Waals surface area contributed by atoms with Crippen molar-refractivity contribution in [3.05, 3.63) is 28.6 Å². The molecule has 0 amide bonds. The minimum atomic E-state index is 0.607. The van der Waals surface area contributed by atoms with Gasteiger partial charge >= 0.3 is 0 Å². The maximum atomic E-state index is 5.55. The standard InChI is InChI=1S/C21H28N2O2S/c1-24-17-7-8-18(20(13-17)25-2)19-14-26-21(22-19)15-9-11-23(12-10-15)16-5-3-4-6-16/h7-8,13-16H,3-6,9-12H2,1-2H3. The van der Waals surface area contributed by atoms with Crippen LogP contribution in [0.15, 0.2) is 23.6 Å². The zero-order valence-electron chi connectivity index (χ0n) is 15.7. The highest BCUT2D eigenvalue weighted by Crippen LogP contribution is 2.38. The van der Waals surface area contributed by atoms with E-state index < -0.39 is 0 Å². The number of methoxy groups -OCH3 is 2. The van der Waals surface area contributed by atoms with Crippen molar-refractivity contribution in [3.8, 4) is 22.8 Å². The summed E-state index contributed by atoms with van der Waals surface area (Å²) in [7, 11) is 3.37. The van der Waals surface area contributed by atoms with Crippen molar-refractivity contribution >= 4 is 11.3 Å². The average Bonchev–Trinajstić information content (AvgIpc) is 3.40. The number of piperidine rings is 1. The lowest BCUT2D eigenvalue weighted by Gasteiger charge is -2.35. The number of hydrogen-bond donors (Lipinski definition) is 0. The van der Waals surface area contributed by atoms with Crippen molar-refractivity contribution in [1.82, 2.24) is 9.88 Å². The van der Waals surface area contributed by atoms with Gasteiger partial charge in [0, 0.05) is 29.0 Å². The number of hydrogen-bond acceptors (Lipinski definition) is 5. The zero-order chi connectivity index (χ0) is 17.9. The van der Waals surface area contributed by atoms with Crippen LogP contribution in [0, 0.1) is 0 Å². The van der Waals surface area contributed by atoms with Crippen LogP contribution in [0.1, 0.15) is 49.5 Å².